The minimum absolute atomic E-state index is 0.114. The summed E-state index contributed by atoms with van der Waals surface area (Å²) in [5.74, 6) is 0.714. The summed E-state index contributed by atoms with van der Waals surface area (Å²) in [4.78, 5) is 24.9. The van der Waals surface area contributed by atoms with Gasteiger partial charge in [0.25, 0.3) is 5.91 Å². The summed E-state index contributed by atoms with van der Waals surface area (Å²) in [6.45, 7) is 0.566. The summed E-state index contributed by atoms with van der Waals surface area (Å²) in [6, 6.07) is 3.59. The Morgan fingerprint density at radius 2 is 2.21 bits per heavy atom. The summed E-state index contributed by atoms with van der Waals surface area (Å²) in [6.07, 6.45) is 5.69. The van der Waals surface area contributed by atoms with E-state index in [4.69, 9.17) is 0 Å². The highest BCUT2D eigenvalue weighted by atomic mass is 16.1. The average Bonchev–Trinajstić information content (AvgIpc) is 2.92. The van der Waals surface area contributed by atoms with Crippen LogP contribution in [0.3, 0.4) is 0 Å². The summed E-state index contributed by atoms with van der Waals surface area (Å²) < 4.78 is 0. The molecule has 2 N–H and O–H groups in total. The van der Waals surface area contributed by atoms with Gasteiger partial charge < -0.3 is 15.2 Å². The average molecular weight is 259 g/mol. The third kappa shape index (κ3) is 3.54. The fourth-order valence-electron chi connectivity index (χ4n) is 1.62. The number of amides is 1. The van der Waals surface area contributed by atoms with E-state index in [1.165, 1.54) is 0 Å². The van der Waals surface area contributed by atoms with Crippen molar-refractivity contribution in [3.05, 3.63) is 42.1 Å². The number of nitrogens with one attached hydrogen (secondary N) is 2. The zero-order chi connectivity index (χ0) is 13.7. The lowest BCUT2D eigenvalue weighted by molar-refractivity contribution is 0.0953. The van der Waals surface area contributed by atoms with Crippen LogP contribution < -0.4 is 10.2 Å². The number of pyridine rings is 1. The van der Waals surface area contributed by atoms with Crippen molar-refractivity contribution in [2.24, 2.45) is 0 Å². The first kappa shape index (κ1) is 13.1. The monoisotopic (exact) mass is 259 g/mol. The van der Waals surface area contributed by atoms with Gasteiger partial charge in [-0.1, -0.05) is 0 Å². The van der Waals surface area contributed by atoms with Crippen molar-refractivity contribution in [1.29, 1.82) is 0 Å². The van der Waals surface area contributed by atoms with Gasteiger partial charge in [0.15, 0.2) is 0 Å². The molecule has 2 aromatic heterocycles. The van der Waals surface area contributed by atoms with Crippen LogP contribution in [0, 0.1) is 0 Å². The van der Waals surface area contributed by atoms with E-state index in [-0.39, 0.29) is 5.91 Å². The molecule has 0 spiro atoms. The van der Waals surface area contributed by atoms with E-state index < -0.39 is 0 Å². The van der Waals surface area contributed by atoms with Crippen LogP contribution in [0.2, 0.25) is 0 Å². The Kier molecular flexibility index (Phi) is 4.12. The minimum atomic E-state index is -0.114. The minimum Gasteiger partial charge on any atom is -0.363 e. The number of anilines is 1. The second-order valence-electron chi connectivity index (χ2n) is 4.38. The number of hydrogen-bond donors (Lipinski definition) is 2. The third-order valence-electron chi connectivity index (χ3n) is 2.70. The molecule has 6 nitrogen and oxygen atoms in total. The fourth-order valence-corrected chi connectivity index (χ4v) is 1.62. The van der Waals surface area contributed by atoms with E-state index in [0.717, 1.165) is 17.9 Å². The van der Waals surface area contributed by atoms with Crippen molar-refractivity contribution in [1.82, 2.24) is 20.3 Å². The molecule has 2 aromatic rings. The Bertz CT molecular complexity index is 518. The molecular formula is C13H17N5O. The number of rotatable bonds is 5. The molecule has 0 atom stereocenters. The number of hydrogen-bond acceptors (Lipinski definition) is 4. The van der Waals surface area contributed by atoms with Crippen LogP contribution in [0.15, 0.2) is 30.9 Å². The Labute approximate surface area is 111 Å². The maximum atomic E-state index is 11.9. The molecule has 1 amide bonds. The van der Waals surface area contributed by atoms with E-state index in [1.54, 1.807) is 24.8 Å². The van der Waals surface area contributed by atoms with Crippen LogP contribution in [-0.4, -0.2) is 41.5 Å². The predicted molar refractivity (Wildman–Crippen MR) is 73.2 cm³/mol. The van der Waals surface area contributed by atoms with Crippen LogP contribution in [0.5, 0.6) is 0 Å². The Morgan fingerprint density at radius 3 is 2.79 bits per heavy atom. The van der Waals surface area contributed by atoms with Crippen molar-refractivity contribution < 1.29 is 4.79 Å². The van der Waals surface area contributed by atoms with Crippen molar-refractivity contribution in [3.8, 4) is 0 Å². The summed E-state index contributed by atoms with van der Waals surface area (Å²) in [5, 5.41) is 2.85. The fraction of sp³-hybridized carbons (Fsp3) is 0.308. The molecule has 0 aliphatic rings. The first-order chi connectivity index (χ1) is 9.16. The molecule has 0 radical (unpaired) electrons. The number of aromatic amines is 1. The number of aromatic nitrogens is 3. The van der Waals surface area contributed by atoms with Gasteiger partial charge >= 0.3 is 0 Å². The quantitative estimate of drug-likeness (QED) is 0.834. The number of carbonyl (C=O) groups excluding carboxylic acids is 1. The highest BCUT2D eigenvalue weighted by Gasteiger charge is 2.06. The van der Waals surface area contributed by atoms with Crippen molar-refractivity contribution >= 4 is 11.7 Å². The van der Waals surface area contributed by atoms with Crippen molar-refractivity contribution in [3.63, 3.8) is 0 Å². The molecule has 2 rings (SSSR count). The molecule has 0 saturated heterocycles. The summed E-state index contributed by atoms with van der Waals surface area (Å²) in [5.41, 5.74) is 1.57. The van der Waals surface area contributed by atoms with Gasteiger partial charge in [0, 0.05) is 45.1 Å². The topological polar surface area (TPSA) is 73.9 Å². The highest BCUT2D eigenvalue weighted by molar-refractivity contribution is 5.94. The van der Waals surface area contributed by atoms with E-state index in [2.05, 4.69) is 20.3 Å². The number of H-pyrrole nitrogens is 1. The largest absolute Gasteiger partial charge is 0.363 e. The first-order valence-electron chi connectivity index (χ1n) is 6.05. The normalized spacial score (nSPS) is 10.2. The van der Waals surface area contributed by atoms with Crippen molar-refractivity contribution in [2.75, 3.05) is 25.5 Å². The maximum Gasteiger partial charge on any atom is 0.252 e. The predicted octanol–water partition coefficient (Wildman–Crippen LogP) is 0.843. The van der Waals surface area contributed by atoms with Gasteiger partial charge in [0.2, 0.25) is 0 Å². The number of nitrogens with zero attached hydrogens (tertiary/aromatic N) is 3. The van der Waals surface area contributed by atoms with Crippen LogP contribution in [0.1, 0.15) is 16.1 Å². The van der Waals surface area contributed by atoms with Gasteiger partial charge in [-0.25, -0.2) is 9.97 Å². The molecule has 0 fully saturated rings. The van der Waals surface area contributed by atoms with Gasteiger partial charge in [0.1, 0.15) is 5.82 Å². The van der Waals surface area contributed by atoms with Crippen LogP contribution in [0.25, 0.3) is 0 Å². The van der Waals surface area contributed by atoms with Crippen LogP contribution >= 0.6 is 0 Å². The van der Waals surface area contributed by atoms with Gasteiger partial charge in [-0.2, -0.15) is 0 Å². The molecule has 6 heteroatoms. The molecule has 19 heavy (non-hydrogen) atoms. The Hall–Kier alpha value is -2.37. The van der Waals surface area contributed by atoms with E-state index in [9.17, 15) is 4.79 Å². The lowest BCUT2D eigenvalue weighted by Crippen LogP contribution is -2.26. The molecule has 0 aromatic carbocycles. The SMILES string of the molecule is CN(C)c1ccc(C(=O)NCCc2cnc[nH]2)cn1. The molecule has 0 aliphatic carbocycles. The van der Waals surface area contributed by atoms with Crippen LogP contribution in [0.4, 0.5) is 5.82 Å². The highest BCUT2D eigenvalue weighted by Crippen LogP contribution is 2.07. The van der Waals surface area contributed by atoms with Crippen LogP contribution in [-0.2, 0) is 6.42 Å². The van der Waals surface area contributed by atoms with Gasteiger partial charge in [-0.3, -0.25) is 4.79 Å². The molecule has 2 heterocycles. The molecule has 0 saturated carbocycles. The standard InChI is InChI=1S/C13H17N5O/c1-18(2)12-4-3-10(7-16-12)13(19)15-6-5-11-8-14-9-17-11/h3-4,7-9H,5-6H2,1-2H3,(H,14,17)(H,15,19). The summed E-state index contributed by atoms with van der Waals surface area (Å²) >= 11 is 0. The molecule has 100 valence electrons. The Balaban J connectivity index is 1.85. The van der Waals surface area contributed by atoms with E-state index in [0.29, 0.717) is 12.1 Å². The second-order valence-corrected chi connectivity index (χ2v) is 4.38. The van der Waals surface area contributed by atoms with Gasteiger partial charge in [-0.05, 0) is 12.1 Å². The zero-order valence-corrected chi connectivity index (χ0v) is 11.1. The molecule has 0 unspecified atom stereocenters. The van der Waals surface area contributed by atoms with Gasteiger partial charge in [-0.15, -0.1) is 0 Å². The molecule has 0 bridgehead atoms. The van der Waals surface area contributed by atoms with E-state index in [1.807, 2.05) is 25.1 Å². The Morgan fingerprint density at radius 1 is 1.37 bits per heavy atom. The van der Waals surface area contributed by atoms with E-state index >= 15 is 0 Å². The maximum absolute atomic E-state index is 11.9. The molecular weight excluding hydrogens is 242 g/mol. The lowest BCUT2D eigenvalue weighted by Gasteiger charge is -2.11. The molecule has 0 aliphatic heterocycles. The number of imidazole rings is 1. The van der Waals surface area contributed by atoms with Crippen molar-refractivity contribution in [2.45, 2.75) is 6.42 Å². The zero-order valence-electron chi connectivity index (χ0n) is 11.1. The number of carbonyl (C=O) groups is 1. The third-order valence-corrected chi connectivity index (χ3v) is 2.70. The lowest BCUT2D eigenvalue weighted by atomic mass is 10.2. The second kappa shape index (κ2) is 5.99. The first-order valence-corrected chi connectivity index (χ1v) is 6.05. The van der Waals surface area contributed by atoms with Gasteiger partial charge in [0.05, 0.1) is 11.9 Å². The smallest absolute Gasteiger partial charge is 0.252 e. The summed E-state index contributed by atoms with van der Waals surface area (Å²) in [7, 11) is 3.82.